The summed E-state index contributed by atoms with van der Waals surface area (Å²) >= 11 is 1.19. The van der Waals surface area contributed by atoms with Crippen molar-refractivity contribution in [1.29, 1.82) is 0 Å². The topological polar surface area (TPSA) is 79.9 Å². The number of rotatable bonds is 7. The number of nitrogens with zero attached hydrogens (tertiary/aromatic N) is 1. The number of hydrogen-bond donors (Lipinski definition) is 2. The van der Waals surface area contributed by atoms with Gasteiger partial charge in [-0.3, -0.25) is 9.52 Å². The van der Waals surface area contributed by atoms with E-state index in [1.807, 2.05) is 19.9 Å². The number of morpholine rings is 1. The van der Waals surface area contributed by atoms with Crippen molar-refractivity contribution in [2.45, 2.75) is 32.0 Å². The highest BCUT2D eigenvalue weighted by Gasteiger charge is 2.31. The van der Waals surface area contributed by atoms with E-state index in [9.17, 15) is 22.2 Å². The monoisotopic (exact) mass is 553 g/mol. The quantitative estimate of drug-likeness (QED) is 0.387. The maximum Gasteiger partial charge on any atom is 0.573 e. The fourth-order valence-corrected chi connectivity index (χ4v) is 5.98. The molecule has 1 aliphatic rings. The largest absolute Gasteiger partial charge is 0.573 e. The third kappa shape index (κ3) is 6.43. The second kappa shape index (κ2) is 11.1. The Labute approximate surface area is 219 Å². The van der Waals surface area contributed by atoms with E-state index in [0.29, 0.717) is 23.8 Å². The van der Waals surface area contributed by atoms with Crippen LogP contribution >= 0.6 is 11.3 Å². The molecule has 0 radical (unpaired) electrons. The number of anilines is 3. The number of thiophene rings is 1. The van der Waals surface area contributed by atoms with E-state index >= 15 is 0 Å². The summed E-state index contributed by atoms with van der Waals surface area (Å²) in [6.07, 6.45) is -4.81. The van der Waals surface area contributed by atoms with Gasteiger partial charge in [0, 0.05) is 24.5 Å². The predicted molar refractivity (Wildman–Crippen MR) is 139 cm³/mol. The van der Waals surface area contributed by atoms with Crippen molar-refractivity contribution in [3.8, 4) is 5.75 Å². The minimum atomic E-state index is -4.81. The summed E-state index contributed by atoms with van der Waals surface area (Å²) in [5.74, 6) is -0.768. The van der Waals surface area contributed by atoms with Crippen LogP contribution in [0.15, 0.2) is 46.7 Å². The van der Waals surface area contributed by atoms with Gasteiger partial charge >= 0.3 is 6.36 Å². The minimum Gasteiger partial charge on any atom is -0.406 e. The van der Waals surface area contributed by atoms with Gasteiger partial charge in [-0.05, 0) is 73.2 Å². The van der Waals surface area contributed by atoms with E-state index in [0.717, 1.165) is 53.3 Å². The van der Waals surface area contributed by atoms with Gasteiger partial charge in [0.25, 0.3) is 5.91 Å². The molecule has 1 fully saturated rings. The van der Waals surface area contributed by atoms with Gasteiger partial charge in [0.15, 0.2) is 0 Å². The first-order chi connectivity index (χ1) is 17.5. The van der Waals surface area contributed by atoms with Crippen molar-refractivity contribution in [2.75, 3.05) is 41.2 Å². The van der Waals surface area contributed by atoms with Gasteiger partial charge in [0.1, 0.15) is 21.6 Å². The molecule has 0 aliphatic carbocycles. The molecule has 12 heteroatoms. The number of halogens is 3. The van der Waals surface area contributed by atoms with Gasteiger partial charge in [-0.15, -0.1) is 24.5 Å². The molecule has 1 aromatic heterocycles. The van der Waals surface area contributed by atoms with Crippen LogP contribution in [0, 0.1) is 20.8 Å². The second-order valence-electron chi connectivity index (χ2n) is 8.47. The van der Waals surface area contributed by atoms with Crippen molar-refractivity contribution in [3.05, 3.63) is 63.3 Å². The highest BCUT2D eigenvalue weighted by Crippen LogP contribution is 2.35. The molecule has 1 unspecified atom stereocenters. The van der Waals surface area contributed by atoms with Crippen molar-refractivity contribution >= 4 is 45.3 Å². The summed E-state index contributed by atoms with van der Waals surface area (Å²) in [6.45, 7) is 8.80. The first-order valence-electron chi connectivity index (χ1n) is 11.4. The summed E-state index contributed by atoms with van der Waals surface area (Å²) in [4.78, 5) is 16.1. The third-order valence-corrected chi connectivity index (χ3v) is 7.86. The van der Waals surface area contributed by atoms with Crippen LogP contribution in [-0.4, -0.2) is 42.8 Å². The normalized spacial score (nSPS) is 14.8. The molecule has 1 atom stereocenters. The van der Waals surface area contributed by atoms with Gasteiger partial charge in [-0.2, -0.15) is 0 Å². The summed E-state index contributed by atoms with van der Waals surface area (Å²) < 4.78 is 62.0. The number of carbonyl (C=O) groups is 1. The average molecular weight is 554 g/mol. The first kappa shape index (κ1) is 27.0. The molecule has 1 saturated heterocycles. The summed E-state index contributed by atoms with van der Waals surface area (Å²) in [7, 11) is -1.82. The number of ether oxygens (including phenoxy) is 2. The van der Waals surface area contributed by atoms with Gasteiger partial charge in [0.2, 0.25) is 0 Å². The number of hydrogen-bond acceptors (Lipinski definition) is 6. The van der Waals surface area contributed by atoms with Crippen molar-refractivity contribution in [2.24, 2.45) is 0 Å². The van der Waals surface area contributed by atoms with E-state index in [4.69, 9.17) is 4.74 Å². The molecule has 1 amide bonds. The molecule has 198 valence electrons. The lowest BCUT2D eigenvalue weighted by Crippen LogP contribution is -2.37. The third-order valence-electron chi connectivity index (χ3n) is 5.84. The van der Waals surface area contributed by atoms with Crippen LogP contribution in [0.3, 0.4) is 0 Å². The lowest BCUT2D eigenvalue weighted by molar-refractivity contribution is -0.274. The molecule has 37 heavy (non-hydrogen) atoms. The van der Waals surface area contributed by atoms with E-state index in [2.05, 4.69) is 26.6 Å². The fourth-order valence-electron chi connectivity index (χ4n) is 4.30. The van der Waals surface area contributed by atoms with E-state index in [1.165, 1.54) is 23.5 Å². The molecular weight excluding hydrogens is 527 g/mol. The maximum atomic E-state index is 13.3. The molecular formula is C25H26F3N3O4S2. The lowest BCUT2D eigenvalue weighted by atomic mass is 10.0. The van der Waals surface area contributed by atoms with Crippen LogP contribution in [0.2, 0.25) is 0 Å². The molecule has 0 spiro atoms. The van der Waals surface area contributed by atoms with Crippen LogP contribution in [0.4, 0.5) is 30.2 Å². The Bertz CT molecular complexity index is 1300. The Balaban J connectivity index is 1.51. The van der Waals surface area contributed by atoms with Gasteiger partial charge in [0.05, 0.1) is 23.8 Å². The second-order valence-corrected chi connectivity index (χ2v) is 10.6. The molecule has 2 heterocycles. The molecule has 1 aliphatic heterocycles. The number of amides is 1. The Morgan fingerprint density at radius 1 is 1.08 bits per heavy atom. The Hall–Kier alpha value is -3.09. The molecule has 0 bridgehead atoms. The Morgan fingerprint density at radius 3 is 2.41 bits per heavy atom. The van der Waals surface area contributed by atoms with E-state index in [-0.39, 0.29) is 10.8 Å². The molecule has 7 nitrogen and oxygen atoms in total. The van der Waals surface area contributed by atoms with Crippen molar-refractivity contribution in [3.63, 3.8) is 0 Å². The molecule has 4 rings (SSSR count). The van der Waals surface area contributed by atoms with Crippen molar-refractivity contribution in [1.82, 2.24) is 0 Å². The average Bonchev–Trinajstić information content (AvgIpc) is 3.30. The predicted octanol–water partition coefficient (Wildman–Crippen LogP) is 5.80. The standard InChI is InChI=1S/C25H26F3N3O4S2/c1-15-14-16(2)22(31-9-11-34-12-10-31)17(3)21(15)29-24(32)23-20(8-13-36-23)30-37(33)19-6-4-18(5-7-19)35-25(26,27)28/h4-8,13-14,30H,9-12H2,1-3H3,(H,29,32). The number of nitrogens with one attached hydrogen (secondary N) is 2. The van der Waals surface area contributed by atoms with Crippen LogP contribution in [-0.2, 0) is 15.7 Å². The summed E-state index contributed by atoms with van der Waals surface area (Å²) in [5, 5.41) is 4.72. The van der Waals surface area contributed by atoms with E-state index < -0.39 is 23.1 Å². The molecule has 3 aromatic rings. The van der Waals surface area contributed by atoms with E-state index in [1.54, 1.807) is 11.4 Å². The number of alkyl halides is 3. The number of benzene rings is 2. The maximum absolute atomic E-state index is 13.3. The van der Waals surface area contributed by atoms with Crippen LogP contribution in [0.25, 0.3) is 0 Å². The van der Waals surface area contributed by atoms with Crippen LogP contribution in [0.1, 0.15) is 26.4 Å². The smallest absolute Gasteiger partial charge is 0.406 e. The zero-order valence-electron chi connectivity index (χ0n) is 20.4. The van der Waals surface area contributed by atoms with Gasteiger partial charge < -0.3 is 19.7 Å². The Morgan fingerprint density at radius 2 is 1.76 bits per heavy atom. The summed E-state index contributed by atoms with van der Waals surface area (Å²) in [6, 6.07) is 8.37. The summed E-state index contributed by atoms with van der Waals surface area (Å²) in [5.41, 5.74) is 5.16. The van der Waals surface area contributed by atoms with Crippen molar-refractivity contribution < 1.29 is 31.6 Å². The minimum absolute atomic E-state index is 0.229. The molecule has 2 N–H and O–H groups in total. The zero-order chi connectivity index (χ0) is 26.7. The highest BCUT2D eigenvalue weighted by molar-refractivity contribution is 7.86. The zero-order valence-corrected chi connectivity index (χ0v) is 22.0. The molecule has 0 saturated carbocycles. The molecule has 2 aromatic carbocycles. The highest BCUT2D eigenvalue weighted by atomic mass is 32.2. The Kier molecular flexibility index (Phi) is 8.10. The lowest BCUT2D eigenvalue weighted by Gasteiger charge is -2.32. The van der Waals surface area contributed by atoms with Crippen LogP contribution < -0.4 is 19.7 Å². The fraction of sp³-hybridized carbons (Fsp3) is 0.320. The SMILES string of the molecule is Cc1cc(C)c(N2CCOCC2)c(C)c1NC(=O)c1sccc1NS(=O)c1ccc(OC(F)(F)F)cc1. The van der Waals surface area contributed by atoms with Gasteiger partial charge in [-0.25, -0.2) is 4.21 Å². The van der Waals surface area contributed by atoms with Gasteiger partial charge in [-0.1, -0.05) is 6.07 Å². The number of carbonyl (C=O) groups excluding carboxylic acids is 1. The first-order valence-corrected chi connectivity index (χ1v) is 13.4. The van der Waals surface area contributed by atoms with Crippen LogP contribution in [0.5, 0.6) is 5.75 Å². The number of aryl methyl sites for hydroxylation is 2.